The van der Waals surface area contributed by atoms with Gasteiger partial charge >= 0.3 is 5.97 Å². The second-order valence-corrected chi connectivity index (χ2v) is 12.7. The quantitative estimate of drug-likeness (QED) is 0.274. The number of esters is 1. The lowest BCUT2D eigenvalue weighted by atomic mass is 9.87. The molecule has 192 valence electrons. The van der Waals surface area contributed by atoms with Gasteiger partial charge < -0.3 is 9.47 Å². The molecule has 0 radical (unpaired) electrons. The molecule has 2 aromatic carbocycles. The standard InChI is InChI=1S/C27H32N2O5S2/c1-27(2,3)25(30)34-21-14-16-22(17-15-21)36(31,32)29-26-28-23(18-10-12-20(33-4)13-11-18)24(35-26)19-8-6-5-7-9-19/h10-17,19H,5-9H2,1-4H3,(H,28,29). The zero-order chi connectivity index (χ0) is 25.9. The number of ether oxygens (including phenoxy) is 2. The normalized spacial score (nSPS) is 14.9. The molecule has 0 unspecified atom stereocenters. The number of rotatable bonds is 7. The fourth-order valence-corrected chi connectivity index (χ4v) is 6.48. The predicted molar refractivity (Wildman–Crippen MR) is 142 cm³/mol. The minimum Gasteiger partial charge on any atom is -0.497 e. The van der Waals surface area contributed by atoms with E-state index in [0.29, 0.717) is 16.8 Å². The molecule has 0 spiro atoms. The van der Waals surface area contributed by atoms with Crippen molar-refractivity contribution in [3.8, 4) is 22.8 Å². The van der Waals surface area contributed by atoms with Gasteiger partial charge in [-0.2, -0.15) is 0 Å². The molecule has 0 saturated heterocycles. The van der Waals surface area contributed by atoms with Crippen molar-refractivity contribution in [2.75, 3.05) is 11.8 Å². The van der Waals surface area contributed by atoms with Gasteiger partial charge in [-0.25, -0.2) is 13.4 Å². The Hall–Kier alpha value is -2.91. The van der Waals surface area contributed by atoms with Crippen LogP contribution in [0.2, 0.25) is 0 Å². The molecule has 0 bridgehead atoms. The average Bonchev–Trinajstić information content (AvgIpc) is 3.27. The lowest BCUT2D eigenvalue weighted by Gasteiger charge is -2.21. The molecule has 7 nitrogen and oxygen atoms in total. The number of methoxy groups -OCH3 is 1. The van der Waals surface area contributed by atoms with Gasteiger partial charge in [0.05, 0.1) is 23.1 Å². The number of carbonyl (C=O) groups excluding carboxylic acids is 1. The number of carbonyl (C=O) groups is 1. The summed E-state index contributed by atoms with van der Waals surface area (Å²) in [5.41, 5.74) is 1.09. The number of thiazole rings is 1. The van der Waals surface area contributed by atoms with E-state index in [-0.39, 0.29) is 10.9 Å². The summed E-state index contributed by atoms with van der Waals surface area (Å²) < 4.78 is 39.6. The van der Waals surface area contributed by atoms with E-state index in [1.54, 1.807) is 27.9 Å². The minimum absolute atomic E-state index is 0.0680. The maximum absolute atomic E-state index is 13.1. The molecule has 4 rings (SSSR count). The van der Waals surface area contributed by atoms with Crippen LogP contribution >= 0.6 is 11.3 Å². The lowest BCUT2D eigenvalue weighted by Crippen LogP contribution is -2.25. The number of hydrogen-bond acceptors (Lipinski definition) is 7. The fourth-order valence-electron chi connectivity index (χ4n) is 4.09. The van der Waals surface area contributed by atoms with Crippen LogP contribution in [0.25, 0.3) is 11.3 Å². The third-order valence-electron chi connectivity index (χ3n) is 6.17. The first kappa shape index (κ1) is 26.2. The van der Waals surface area contributed by atoms with Crippen LogP contribution in [0.5, 0.6) is 11.5 Å². The third-order valence-corrected chi connectivity index (χ3v) is 8.79. The molecular formula is C27H32N2O5S2. The number of nitrogens with one attached hydrogen (secondary N) is 1. The summed E-state index contributed by atoms with van der Waals surface area (Å²) in [7, 11) is -2.25. The van der Waals surface area contributed by atoms with Crippen molar-refractivity contribution in [2.24, 2.45) is 5.41 Å². The van der Waals surface area contributed by atoms with Crippen molar-refractivity contribution < 1.29 is 22.7 Å². The van der Waals surface area contributed by atoms with Gasteiger partial charge in [0, 0.05) is 10.4 Å². The smallest absolute Gasteiger partial charge is 0.316 e. The van der Waals surface area contributed by atoms with Gasteiger partial charge in [-0.3, -0.25) is 9.52 Å². The Morgan fingerprint density at radius 2 is 1.58 bits per heavy atom. The van der Waals surface area contributed by atoms with Crippen molar-refractivity contribution in [3.05, 3.63) is 53.4 Å². The highest BCUT2D eigenvalue weighted by Gasteiger charge is 2.26. The van der Waals surface area contributed by atoms with E-state index in [2.05, 4.69) is 4.72 Å². The maximum atomic E-state index is 13.1. The van der Waals surface area contributed by atoms with E-state index in [0.717, 1.165) is 47.6 Å². The molecule has 3 aromatic rings. The highest BCUT2D eigenvalue weighted by Crippen LogP contribution is 2.43. The Morgan fingerprint density at radius 3 is 2.17 bits per heavy atom. The summed E-state index contributed by atoms with van der Waals surface area (Å²) >= 11 is 1.40. The molecule has 0 amide bonds. The summed E-state index contributed by atoms with van der Waals surface area (Å²) in [5.74, 6) is 1.03. The first-order valence-electron chi connectivity index (χ1n) is 12.1. The molecule has 36 heavy (non-hydrogen) atoms. The number of anilines is 1. The van der Waals surface area contributed by atoms with Crippen molar-refractivity contribution >= 4 is 32.5 Å². The lowest BCUT2D eigenvalue weighted by molar-refractivity contribution is -0.143. The van der Waals surface area contributed by atoms with E-state index in [4.69, 9.17) is 14.5 Å². The van der Waals surface area contributed by atoms with Crippen LogP contribution < -0.4 is 14.2 Å². The molecule has 1 aliphatic rings. The molecular weight excluding hydrogens is 496 g/mol. The van der Waals surface area contributed by atoms with Crippen LogP contribution in [0.3, 0.4) is 0 Å². The zero-order valence-corrected chi connectivity index (χ0v) is 22.7. The van der Waals surface area contributed by atoms with Crippen molar-refractivity contribution in [3.63, 3.8) is 0 Å². The van der Waals surface area contributed by atoms with Gasteiger partial charge in [-0.1, -0.05) is 19.3 Å². The molecule has 9 heteroatoms. The summed E-state index contributed by atoms with van der Waals surface area (Å²) in [6.07, 6.45) is 5.71. The van der Waals surface area contributed by atoms with Crippen LogP contribution in [0.15, 0.2) is 53.4 Å². The van der Waals surface area contributed by atoms with Gasteiger partial charge in [-0.15, -0.1) is 11.3 Å². The van der Waals surface area contributed by atoms with E-state index in [9.17, 15) is 13.2 Å². The van der Waals surface area contributed by atoms with Crippen LogP contribution in [0.1, 0.15) is 63.7 Å². The topological polar surface area (TPSA) is 94.6 Å². The molecule has 1 N–H and O–H groups in total. The van der Waals surface area contributed by atoms with Crippen LogP contribution in [-0.2, 0) is 14.8 Å². The van der Waals surface area contributed by atoms with Crippen LogP contribution in [-0.4, -0.2) is 26.5 Å². The number of sulfonamides is 1. The Kier molecular flexibility index (Phi) is 7.70. The molecule has 1 aromatic heterocycles. The summed E-state index contributed by atoms with van der Waals surface area (Å²) in [5, 5.41) is 0.338. The first-order chi connectivity index (χ1) is 17.1. The Labute approximate surface area is 216 Å². The molecule has 0 aliphatic heterocycles. The van der Waals surface area contributed by atoms with Crippen LogP contribution in [0, 0.1) is 5.41 Å². The van der Waals surface area contributed by atoms with Gasteiger partial charge in [-0.05, 0) is 88.1 Å². The van der Waals surface area contributed by atoms with E-state index in [1.807, 2.05) is 24.3 Å². The zero-order valence-electron chi connectivity index (χ0n) is 21.0. The molecule has 1 aliphatic carbocycles. The minimum atomic E-state index is -3.88. The number of nitrogens with zero attached hydrogens (tertiary/aromatic N) is 1. The van der Waals surface area contributed by atoms with E-state index < -0.39 is 15.4 Å². The van der Waals surface area contributed by atoms with Gasteiger partial charge in [0.1, 0.15) is 11.5 Å². The van der Waals surface area contributed by atoms with Crippen molar-refractivity contribution in [2.45, 2.75) is 63.7 Å². The number of hydrogen-bond donors (Lipinski definition) is 1. The molecule has 0 atom stereocenters. The highest BCUT2D eigenvalue weighted by atomic mass is 32.2. The Bertz CT molecular complexity index is 1300. The summed E-state index contributed by atoms with van der Waals surface area (Å²) in [6.45, 7) is 5.27. The fraction of sp³-hybridized carbons (Fsp3) is 0.407. The van der Waals surface area contributed by atoms with E-state index >= 15 is 0 Å². The SMILES string of the molecule is COc1ccc(-c2nc(NS(=O)(=O)c3ccc(OC(=O)C(C)(C)C)cc3)sc2C2CCCCC2)cc1. The van der Waals surface area contributed by atoms with Gasteiger partial charge in [0.25, 0.3) is 10.0 Å². The molecule has 1 heterocycles. The predicted octanol–water partition coefficient (Wildman–Crippen LogP) is 6.62. The van der Waals surface area contributed by atoms with E-state index in [1.165, 1.54) is 42.0 Å². The summed E-state index contributed by atoms with van der Waals surface area (Å²) in [4.78, 5) is 18.0. The van der Waals surface area contributed by atoms with Gasteiger partial charge in [0.2, 0.25) is 0 Å². The summed E-state index contributed by atoms with van der Waals surface area (Å²) in [6, 6.07) is 13.5. The number of aromatic nitrogens is 1. The van der Waals surface area contributed by atoms with Crippen molar-refractivity contribution in [1.29, 1.82) is 0 Å². The second-order valence-electron chi connectivity index (χ2n) is 10.0. The average molecular weight is 529 g/mol. The number of benzene rings is 2. The second kappa shape index (κ2) is 10.6. The Balaban J connectivity index is 1.59. The highest BCUT2D eigenvalue weighted by molar-refractivity contribution is 7.93. The largest absolute Gasteiger partial charge is 0.497 e. The molecule has 1 saturated carbocycles. The third kappa shape index (κ3) is 6.07. The van der Waals surface area contributed by atoms with Gasteiger partial charge in [0.15, 0.2) is 5.13 Å². The van der Waals surface area contributed by atoms with Crippen molar-refractivity contribution in [1.82, 2.24) is 4.98 Å². The Morgan fingerprint density at radius 1 is 0.972 bits per heavy atom. The maximum Gasteiger partial charge on any atom is 0.316 e. The first-order valence-corrected chi connectivity index (χ1v) is 14.4. The molecule has 1 fully saturated rings. The monoisotopic (exact) mass is 528 g/mol. The van der Waals surface area contributed by atoms with Crippen LogP contribution in [0.4, 0.5) is 5.13 Å².